The third kappa shape index (κ3) is 43.6. The summed E-state index contributed by atoms with van der Waals surface area (Å²) in [5, 5.41) is 0. The van der Waals surface area contributed by atoms with Crippen LogP contribution in [0.3, 0.4) is 0 Å². The number of hydrogen-bond donors (Lipinski definition) is 0. The number of rotatable bonds is 51. The number of nitrogens with zero attached hydrogens (tertiary/aromatic N) is 2. The van der Waals surface area contributed by atoms with Crippen molar-refractivity contribution in [2.24, 2.45) is 17.8 Å². The summed E-state index contributed by atoms with van der Waals surface area (Å²) in [4.78, 5) is 44.0. The van der Waals surface area contributed by atoms with Crippen molar-refractivity contribution in [2.45, 2.75) is 299 Å². The van der Waals surface area contributed by atoms with E-state index in [1.807, 2.05) is 0 Å². The van der Waals surface area contributed by atoms with E-state index in [2.05, 4.69) is 58.5 Å². The highest BCUT2D eigenvalue weighted by Gasteiger charge is 2.24. The lowest BCUT2D eigenvalue weighted by Gasteiger charge is -2.28. The molecule has 7 heteroatoms. The van der Waals surface area contributed by atoms with E-state index in [-0.39, 0.29) is 25.3 Å². The highest BCUT2D eigenvalue weighted by molar-refractivity contribution is 5.78. The maximum atomic E-state index is 14.3. The van der Waals surface area contributed by atoms with Gasteiger partial charge in [-0.25, -0.2) is 0 Å². The summed E-state index contributed by atoms with van der Waals surface area (Å²) < 4.78 is 11.5. The van der Waals surface area contributed by atoms with Crippen molar-refractivity contribution in [1.82, 2.24) is 9.80 Å². The van der Waals surface area contributed by atoms with Gasteiger partial charge in [0.15, 0.2) is 0 Å². The van der Waals surface area contributed by atoms with E-state index in [0.29, 0.717) is 43.8 Å². The van der Waals surface area contributed by atoms with Crippen LogP contribution < -0.4 is 0 Å². The van der Waals surface area contributed by atoms with E-state index >= 15 is 0 Å². The van der Waals surface area contributed by atoms with Crippen LogP contribution in [0.5, 0.6) is 0 Å². The molecule has 394 valence electrons. The first-order valence-corrected chi connectivity index (χ1v) is 29.0. The normalized spacial score (nSPS) is 12.8. The van der Waals surface area contributed by atoms with Gasteiger partial charge in [-0.05, 0) is 96.7 Å². The fourth-order valence-corrected chi connectivity index (χ4v) is 9.45. The summed E-state index contributed by atoms with van der Waals surface area (Å²) in [6.07, 6.45) is 45.9. The zero-order valence-corrected chi connectivity index (χ0v) is 45.0. The number of ether oxygens (including phenoxy) is 2. The second-order valence-corrected chi connectivity index (χ2v) is 20.7. The smallest absolute Gasteiger partial charge is 0.305 e. The van der Waals surface area contributed by atoms with Gasteiger partial charge in [0.2, 0.25) is 5.91 Å². The van der Waals surface area contributed by atoms with E-state index in [0.717, 1.165) is 110 Å². The number of esters is 2. The molecule has 0 aromatic carbocycles. The fraction of sp³-hybridized carbons (Fsp3) is 0.949. The van der Waals surface area contributed by atoms with Gasteiger partial charge in [-0.3, -0.25) is 14.4 Å². The van der Waals surface area contributed by atoms with E-state index in [1.54, 1.807) is 0 Å². The molecule has 2 unspecified atom stereocenters. The summed E-state index contributed by atoms with van der Waals surface area (Å²) >= 11 is 0. The first-order chi connectivity index (χ1) is 31.7. The van der Waals surface area contributed by atoms with Crippen LogP contribution in [0, 0.1) is 17.8 Å². The molecule has 0 aliphatic heterocycles. The molecular weight excluding hydrogens is 817 g/mol. The van der Waals surface area contributed by atoms with Crippen LogP contribution in [-0.4, -0.2) is 74.6 Å². The summed E-state index contributed by atoms with van der Waals surface area (Å²) in [5.41, 5.74) is 0. The molecule has 2 atom stereocenters. The molecule has 7 nitrogen and oxygen atoms in total. The molecule has 0 saturated carbocycles. The van der Waals surface area contributed by atoms with Crippen molar-refractivity contribution >= 4 is 17.8 Å². The molecule has 0 aliphatic rings. The molecule has 0 heterocycles. The molecule has 0 N–H and O–H groups in total. The zero-order chi connectivity index (χ0) is 47.9. The molecule has 1 amide bonds. The van der Waals surface area contributed by atoms with Gasteiger partial charge in [0.1, 0.15) is 0 Å². The van der Waals surface area contributed by atoms with Crippen molar-refractivity contribution in [1.29, 1.82) is 0 Å². The highest BCUT2D eigenvalue weighted by atomic mass is 16.5. The minimum Gasteiger partial charge on any atom is -0.465 e. The van der Waals surface area contributed by atoms with Gasteiger partial charge in [-0.15, -0.1) is 0 Å². The Kier molecular flexibility index (Phi) is 51.6. The van der Waals surface area contributed by atoms with E-state index < -0.39 is 0 Å². The van der Waals surface area contributed by atoms with Crippen molar-refractivity contribution in [3.05, 3.63) is 0 Å². The Bertz CT molecular complexity index is 980. The molecule has 0 spiro atoms. The van der Waals surface area contributed by atoms with Gasteiger partial charge < -0.3 is 19.3 Å². The van der Waals surface area contributed by atoms with Gasteiger partial charge in [0, 0.05) is 31.8 Å². The number of amides is 1. The summed E-state index contributed by atoms with van der Waals surface area (Å²) in [6.45, 7) is 15.3. The van der Waals surface area contributed by atoms with Crippen molar-refractivity contribution in [3.8, 4) is 0 Å². The predicted octanol–water partition coefficient (Wildman–Crippen LogP) is 17.7. The maximum Gasteiger partial charge on any atom is 0.305 e. The minimum atomic E-state index is -0.0115. The lowest BCUT2D eigenvalue weighted by molar-refractivity contribution is -0.146. The average Bonchev–Trinajstić information content (AvgIpc) is 3.30. The molecule has 0 aliphatic carbocycles. The Morgan fingerprint density at radius 2 is 0.682 bits per heavy atom. The second kappa shape index (κ2) is 51.2. The van der Waals surface area contributed by atoms with Crippen LogP contribution in [0.2, 0.25) is 0 Å². The van der Waals surface area contributed by atoms with Crippen molar-refractivity contribution in [3.63, 3.8) is 0 Å². The van der Waals surface area contributed by atoms with Crippen LogP contribution in [0.25, 0.3) is 0 Å². The fourth-order valence-electron chi connectivity index (χ4n) is 9.45. The van der Waals surface area contributed by atoms with Crippen molar-refractivity contribution in [2.75, 3.05) is 46.9 Å². The Labute approximate surface area is 413 Å². The first-order valence-electron chi connectivity index (χ1n) is 29.0. The molecule has 66 heavy (non-hydrogen) atoms. The van der Waals surface area contributed by atoms with E-state index in [9.17, 15) is 14.4 Å². The standard InChI is InChI=1S/C58H114N2O5.CH4/c1-8-13-18-21-26-31-38-49-60(50-39-48-59(6)7)58(63)55(44-34-27-22-24-29-36-46-56(61)64-51-53(40-16-11-4)42-32-19-14-9-2)45-35-28-23-25-30-37-47-57(62)65-52-54(41-17-12-5)43-33-20-15-10-3;/h53-55H,8-52H2,1-7H3;1H4. The Morgan fingerprint density at radius 1 is 0.364 bits per heavy atom. The van der Waals surface area contributed by atoms with Crippen LogP contribution in [0.1, 0.15) is 299 Å². The van der Waals surface area contributed by atoms with Crippen LogP contribution in [-0.2, 0) is 23.9 Å². The van der Waals surface area contributed by atoms with E-state index in [1.165, 1.54) is 154 Å². The Morgan fingerprint density at radius 3 is 1.09 bits per heavy atom. The number of unbranched alkanes of at least 4 members (excludes halogenated alkanes) is 24. The summed E-state index contributed by atoms with van der Waals surface area (Å²) in [6, 6.07) is 0. The summed E-state index contributed by atoms with van der Waals surface area (Å²) in [7, 11) is 4.26. The van der Waals surface area contributed by atoms with Gasteiger partial charge in [0.05, 0.1) is 13.2 Å². The molecule has 0 saturated heterocycles. The maximum absolute atomic E-state index is 14.3. The lowest BCUT2D eigenvalue weighted by Crippen LogP contribution is -2.38. The van der Waals surface area contributed by atoms with Crippen molar-refractivity contribution < 1.29 is 23.9 Å². The van der Waals surface area contributed by atoms with Crippen LogP contribution in [0.4, 0.5) is 0 Å². The molecule has 0 aromatic rings. The molecule has 0 bridgehead atoms. The zero-order valence-electron chi connectivity index (χ0n) is 45.0. The minimum absolute atomic E-state index is 0. The predicted molar refractivity (Wildman–Crippen MR) is 287 cm³/mol. The molecule has 0 fully saturated rings. The van der Waals surface area contributed by atoms with E-state index in [4.69, 9.17) is 9.47 Å². The van der Waals surface area contributed by atoms with Gasteiger partial charge in [-0.1, -0.05) is 222 Å². The van der Waals surface area contributed by atoms with Crippen LogP contribution in [0.15, 0.2) is 0 Å². The first kappa shape index (κ1) is 66.5. The third-order valence-corrected chi connectivity index (χ3v) is 13.9. The molecule has 0 rings (SSSR count). The second-order valence-electron chi connectivity index (χ2n) is 20.7. The number of hydrogen-bond acceptors (Lipinski definition) is 6. The quantitative estimate of drug-likeness (QED) is 0.0447. The van der Waals surface area contributed by atoms with Gasteiger partial charge in [-0.2, -0.15) is 0 Å². The molecule has 0 radical (unpaired) electrons. The summed E-state index contributed by atoms with van der Waals surface area (Å²) in [5.74, 6) is 1.54. The average molecular weight is 936 g/mol. The molecular formula is C59H118N2O5. The monoisotopic (exact) mass is 935 g/mol. The van der Waals surface area contributed by atoms with Crippen LogP contribution >= 0.6 is 0 Å². The number of carbonyl (C=O) groups excluding carboxylic acids is 3. The van der Waals surface area contributed by atoms with Gasteiger partial charge in [0.25, 0.3) is 0 Å². The molecule has 0 aromatic heterocycles. The third-order valence-electron chi connectivity index (χ3n) is 13.9. The van der Waals surface area contributed by atoms with Gasteiger partial charge >= 0.3 is 11.9 Å². The largest absolute Gasteiger partial charge is 0.465 e. The SMILES string of the molecule is C.CCCCCCCCCN(CCCN(C)C)C(=O)C(CCCCCCCCC(=O)OCC(CCCC)CCCCCC)CCCCCCCCC(=O)OCC(CCCC)CCCCCC. The number of carbonyl (C=O) groups is 3. The Balaban J connectivity index is 0. The topological polar surface area (TPSA) is 76.2 Å². The Hall–Kier alpha value is -1.63. The lowest BCUT2D eigenvalue weighted by atomic mass is 9.92. The highest BCUT2D eigenvalue weighted by Crippen LogP contribution is 2.24.